The number of amides is 2. The van der Waals surface area contributed by atoms with Crippen molar-refractivity contribution in [1.29, 1.82) is 0 Å². The minimum atomic E-state index is -0.281. The molecule has 0 bridgehead atoms. The van der Waals surface area contributed by atoms with E-state index in [0.29, 0.717) is 30.4 Å². The highest BCUT2D eigenvalue weighted by molar-refractivity contribution is 5.96. The van der Waals surface area contributed by atoms with Gasteiger partial charge in [0.2, 0.25) is 11.8 Å². The lowest BCUT2D eigenvalue weighted by Crippen LogP contribution is -2.50. The Hall–Kier alpha value is -3.69. The van der Waals surface area contributed by atoms with Crippen molar-refractivity contribution in [2.45, 2.75) is 0 Å². The monoisotopic (exact) mass is 395 g/mol. The molecule has 0 N–H and O–H groups in total. The predicted octanol–water partition coefficient (Wildman–Crippen LogP) is 0.591. The van der Waals surface area contributed by atoms with E-state index in [-0.39, 0.29) is 24.1 Å². The fraction of sp³-hybridized carbons (Fsp3) is 0.316. The number of rotatable bonds is 4. The topological polar surface area (TPSA) is 98.4 Å². The molecule has 0 unspecified atom stereocenters. The van der Waals surface area contributed by atoms with Crippen LogP contribution in [0.1, 0.15) is 10.5 Å². The quantitative estimate of drug-likeness (QED) is 0.641. The first-order chi connectivity index (χ1) is 14.0. The molecule has 0 spiro atoms. The average Bonchev–Trinajstić information content (AvgIpc) is 3.36. The Morgan fingerprint density at radius 2 is 2.00 bits per heavy atom. The Labute approximate surface area is 167 Å². The molecule has 0 atom stereocenters. The third-order valence-electron chi connectivity index (χ3n) is 4.85. The number of aryl methyl sites for hydroxylation is 1. The average molecular weight is 395 g/mol. The summed E-state index contributed by atoms with van der Waals surface area (Å²) in [5.41, 5.74) is 2.45. The van der Waals surface area contributed by atoms with Crippen molar-refractivity contribution in [2.24, 2.45) is 7.05 Å². The number of nitrogens with zero attached hydrogens (tertiary/aromatic N) is 7. The summed E-state index contributed by atoms with van der Waals surface area (Å²) in [5, 5.41) is 8.74. The summed E-state index contributed by atoms with van der Waals surface area (Å²) in [5.74, 6) is 0.115. The van der Waals surface area contributed by atoms with Crippen molar-refractivity contribution >= 4 is 11.8 Å². The maximum Gasteiger partial charge on any atom is 0.274 e. The Morgan fingerprint density at radius 3 is 2.62 bits per heavy atom. The van der Waals surface area contributed by atoms with Crippen LogP contribution in [-0.2, 0) is 11.8 Å². The molecule has 10 heteroatoms. The fourth-order valence-electron chi connectivity index (χ4n) is 3.15. The van der Waals surface area contributed by atoms with Crippen molar-refractivity contribution in [3.05, 3.63) is 42.5 Å². The van der Waals surface area contributed by atoms with Gasteiger partial charge in [-0.15, -0.1) is 0 Å². The molecule has 1 aliphatic rings. The van der Waals surface area contributed by atoms with Gasteiger partial charge in [0.1, 0.15) is 6.54 Å². The van der Waals surface area contributed by atoms with E-state index in [4.69, 9.17) is 4.74 Å². The lowest BCUT2D eigenvalue weighted by molar-refractivity contribution is -0.133. The number of carbonyl (C=O) groups excluding carboxylic acids is 2. The van der Waals surface area contributed by atoms with Crippen LogP contribution in [0.15, 0.2) is 36.8 Å². The lowest BCUT2D eigenvalue weighted by atomic mass is 10.2. The second-order valence-electron chi connectivity index (χ2n) is 6.83. The van der Waals surface area contributed by atoms with Crippen molar-refractivity contribution in [3.8, 4) is 22.8 Å². The number of hydrogen-bond acceptors (Lipinski definition) is 6. The molecule has 10 nitrogen and oxygen atoms in total. The molecule has 150 valence electrons. The summed E-state index contributed by atoms with van der Waals surface area (Å²) in [4.78, 5) is 32.4. The van der Waals surface area contributed by atoms with Gasteiger partial charge in [0.25, 0.3) is 5.91 Å². The van der Waals surface area contributed by atoms with Crippen molar-refractivity contribution in [1.82, 2.24) is 34.3 Å². The maximum absolute atomic E-state index is 13.0. The van der Waals surface area contributed by atoms with Gasteiger partial charge in [0.15, 0.2) is 5.69 Å². The number of aromatic nitrogens is 5. The molecule has 1 fully saturated rings. The second-order valence-corrected chi connectivity index (χ2v) is 6.83. The highest BCUT2D eigenvalue weighted by Crippen LogP contribution is 2.25. The summed E-state index contributed by atoms with van der Waals surface area (Å²) >= 11 is 0. The zero-order valence-electron chi connectivity index (χ0n) is 16.4. The van der Waals surface area contributed by atoms with Gasteiger partial charge in [0.05, 0.1) is 30.9 Å². The fourth-order valence-corrected chi connectivity index (χ4v) is 3.15. The molecule has 0 aliphatic carbocycles. The lowest BCUT2D eigenvalue weighted by Gasteiger charge is -2.31. The van der Waals surface area contributed by atoms with Crippen LogP contribution in [0.25, 0.3) is 16.9 Å². The largest absolute Gasteiger partial charge is 0.481 e. The van der Waals surface area contributed by atoms with E-state index in [0.717, 1.165) is 5.56 Å². The first-order valence-corrected chi connectivity index (χ1v) is 9.09. The smallest absolute Gasteiger partial charge is 0.274 e. The van der Waals surface area contributed by atoms with Crippen molar-refractivity contribution in [2.75, 3.05) is 33.8 Å². The van der Waals surface area contributed by atoms with Gasteiger partial charge in [-0.05, 0) is 12.1 Å². The van der Waals surface area contributed by atoms with Gasteiger partial charge in [-0.25, -0.2) is 9.67 Å². The number of methoxy groups -OCH3 is 1. The highest BCUT2D eigenvalue weighted by atomic mass is 16.5. The van der Waals surface area contributed by atoms with Crippen LogP contribution in [0.2, 0.25) is 0 Å². The minimum absolute atomic E-state index is 0.0501. The van der Waals surface area contributed by atoms with Crippen molar-refractivity contribution < 1.29 is 14.3 Å². The number of likely N-dealkylation sites (N-methyl/N-ethyl adjacent to an activating group) is 1. The SMILES string of the molecule is COc1ccc(-n2nc(C(=O)N3CCN(C)C(=O)C3)cc2-c2cnn(C)c2)cn1. The van der Waals surface area contributed by atoms with Crippen LogP contribution in [0, 0.1) is 0 Å². The number of hydrogen-bond donors (Lipinski definition) is 0. The molecule has 29 heavy (non-hydrogen) atoms. The normalized spacial score (nSPS) is 14.4. The molecule has 2 amide bonds. The van der Waals surface area contributed by atoms with Crippen LogP contribution in [0.3, 0.4) is 0 Å². The first-order valence-electron chi connectivity index (χ1n) is 9.09. The third-order valence-corrected chi connectivity index (χ3v) is 4.85. The Balaban J connectivity index is 1.73. The summed E-state index contributed by atoms with van der Waals surface area (Å²) < 4.78 is 8.44. The van der Waals surface area contributed by atoms with Gasteiger partial charge < -0.3 is 14.5 Å². The molecule has 4 rings (SSSR count). The van der Waals surface area contributed by atoms with Crippen molar-refractivity contribution in [3.63, 3.8) is 0 Å². The number of pyridine rings is 1. The van der Waals surface area contributed by atoms with E-state index in [1.54, 1.807) is 52.9 Å². The summed E-state index contributed by atoms with van der Waals surface area (Å²) in [6.45, 7) is 1.03. The number of carbonyl (C=O) groups is 2. The second kappa shape index (κ2) is 7.38. The van der Waals surface area contributed by atoms with E-state index in [9.17, 15) is 9.59 Å². The minimum Gasteiger partial charge on any atom is -0.481 e. The standard InChI is InChI=1S/C19H21N7O3/c1-23-6-7-25(12-18(23)27)19(28)15-8-16(13-9-21-24(2)11-13)26(22-15)14-4-5-17(29-3)20-10-14/h4-5,8-11H,6-7,12H2,1-3H3. The van der Waals surface area contributed by atoms with Crippen LogP contribution in [0.4, 0.5) is 0 Å². The Bertz CT molecular complexity index is 1050. The molecule has 1 saturated heterocycles. The van der Waals surface area contributed by atoms with Gasteiger partial charge in [-0.3, -0.25) is 14.3 Å². The highest BCUT2D eigenvalue weighted by Gasteiger charge is 2.28. The van der Waals surface area contributed by atoms with E-state index >= 15 is 0 Å². The summed E-state index contributed by atoms with van der Waals surface area (Å²) in [6.07, 6.45) is 5.18. The molecule has 3 aromatic rings. The third kappa shape index (κ3) is 3.56. The Kier molecular flexibility index (Phi) is 4.75. The molecule has 0 aromatic carbocycles. The first kappa shape index (κ1) is 18.7. The molecule has 4 heterocycles. The van der Waals surface area contributed by atoms with Gasteiger partial charge >= 0.3 is 0 Å². The molecular weight excluding hydrogens is 374 g/mol. The van der Waals surface area contributed by atoms with Gasteiger partial charge in [0, 0.05) is 45.0 Å². The molecule has 0 radical (unpaired) electrons. The van der Waals surface area contributed by atoms with E-state index < -0.39 is 0 Å². The number of ether oxygens (including phenoxy) is 1. The summed E-state index contributed by atoms with van der Waals surface area (Å²) in [7, 11) is 5.10. The van der Waals surface area contributed by atoms with Gasteiger partial charge in [-0.1, -0.05) is 0 Å². The van der Waals surface area contributed by atoms with Gasteiger partial charge in [-0.2, -0.15) is 10.2 Å². The predicted molar refractivity (Wildman–Crippen MR) is 104 cm³/mol. The molecular formula is C19H21N7O3. The molecule has 0 saturated carbocycles. The van der Waals surface area contributed by atoms with E-state index in [1.807, 2.05) is 19.3 Å². The number of piperazine rings is 1. The zero-order chi connectivity index (χ0) is 20.5. The van der Waals surface area contributed by atoms with Crippen LogP contribution >= 0.6 is 0 Å². The van der Waals surface area contributed by atoms with Crippen LogP contribution in [-0.4, -0.2) is 80.0 Å². The molecule has 1 aliphatic heterocycles. The Morgan fingerprint density at radius 1 is 1.17 bits per heavy atom. The molecule has 3 aromatic heterocycles. The maximum atomic E-state index is 13.0. The van der Waals surface area contributed by atoms with Crippen LogP contribution in [0.5, 0.6) is 5.88 Å². The summed E-state index contributed by atoms with van der Waals surface area (Å²) in [6, 6.07) is 5.25. The van der Waals surface area contributed by atoms with Crippen LogP contribution < -0.4 is 4.74 Å². The van der Waals surface area contributed by atoms with E-state index in [2.05, 4.69) is 15.2 Å². The van der Waals surface area contributed by atoms with E-state index in [1.165, 1.54) is 4.90 Å². The zero-order valence-corrected chi connectivity index (χ0v) is 16.4.